The number of hydrogen-bond donors (Lipinski definition) is 1. The van der Waals surface area contributed by atoms with Gasteiger partial charge in [0.1, 0.15) is 17.5 Å². The summed E-state index contributed by atoms with van der Waals surface area (Å²) in [6, 6.07) is 6.23. The van der Waals surface area contributed by atoms with Crippen LogP contribution in [-0.4, -0.2) is 11.1 Å². The van der Waals surface area contributed by atoms with Gasteiger partial charge in [0.15, 0.2) is 0 Å². The number of carboxylic acids is 1. The Hall–Kier alpha value is -2.30. The van der Waals surface area contributed by atoms with E-state index in [9.17, 15) is 18.0 Å². The van der Waals surface area contributed by atoms with Crippen LogP contribution in [0.4, 0.5) is 13.2 Å². The molecule has 0 amide bonds. The third-order valence-electron chi connectivity index (χ3n) is 2.41. The molecule has 0 radical (unpaired) electrons. The summed E-state index contributed by atoms with van der Waals surface area (Å²) in [5.74, 6) is -4.38. The SMILES string of the molecule is O=C(O)c1cccc(-c2c(F)cc(F)cc2F)c1. The maximum absolute atomic E-state index is 13.5. The molecule has 2 aromatic rings. The molecule has 2 nitrogen and oxygen atoms in total. The number of carbonyl (C=O) groups is 1. The van der Waals surface area contributed by atoms with Crippen molar-refractivity contribution >= 4 is 5.97 Å². The van der Waals surface area contributed by atoms with Crippen LogP contribution < -0.4 is 0 Å². The summed E-state index contributed by atoms with van der Waals surface area (Å²) in [4.78, 5) is 10.8. The monoisotopic (exact) mass is 252 g/mol. The first kappa shape index (κ1) is 12.2. The summed E-state index contributed by atoms with van der Waals surface area (Å²) >= 11 is 0. The Morgan fingerprint density at radius 2 is 1.61 bits per heavy atom. The van der Waals surface area contributed by atoms with E-state index < -0.39 is 29.0 Å². The molecule has 2 rings (SSSR count). The molecule has 92 valence electrons. The molecule has 0 unspecified atom stereocenters. The molecule has 5 heteroatoms. The number of aromatic carboxylic acids is 1. The predicted octanol–water partition coefficient (Wildman–Crippen LogP) is 3.47. The van der Waals surface area contributed by atoms with Crippen LogP contribution in [0.2, 0.25) is 0 Å². The van der Waals surface area contributed by atoms with Gasteiger partial charge in [0.2, 0.25) is 0 Å². The molecule has 2 aromatic carbocycles. The van der Waals surface area contributed by atoms with E-state index in [1.807, 2.05) is 0 Å². The van der Waals surface area contributed by atoms with Crippen molar-refractivity contribution in [3.63, 3.8) is 0 Å². The summed E-state index contributed by atoms with van der Waals surface area (Å²) in [5, 5.41) is 8.79. The van der Waals surface area contributed by atoms with E-state index in [-0.39, 0.29) is 11.1 Å². The fourth-order valence-corrected chi connectivity index (χ4v) is 1.63. The molecule has 0 fully saturated rings. The Labute approximate surface area is 100 Å². The van der Waals surface area contributed by atoms with E-state index in [1.54, 1.807) is 0 Å². The first-order chi connectivity index (χ1) is 8.49. The largest absolute Gasteiger partial charge is 0.478 e. The zero-order valence-corrected chi connectivity index (χ0v) is 8.95. The van der Waals surface area contributed by atoms with E-state index in [2.05, 4.69) is 0 Å². The van der Waals surface area contributed by atoms with Gasteiger partial charge in [-0.15, -0.1) is 0 Å². The molecule has 0 aliphatic rings. The second-order valence-electron chi connectivity index (χ2n) is 3.63. The first-order valence-corrected chi connectivity index (χ1v) is 4.97. The summed E-state index contributed by atoms with van der Waals surface area (Å²) in [6.07, 6.45) is 0. The van der Waals surface area contributed by atoms with Crippen LogP contribution in [-0.2, 0) is 0 Å². The van der Waals surface area contributed by atoms with Crippen LogP contribution >= 0.6 is 0 Å². The van der Waals surface area contributed by atoms with Gasteiger partial charge >= 0.3 is 5.97 Å². The molecule has 0 aromatic heterocycles. The Morgan fingerprint density at radius 1 is 1.00 bits per heavy atom. The summed E-state index contributed by atoms with van der Waals surface area (Å²) in [5.41, 5.74) is -0.500. The first-order valence-electron chi connectivity index (χ1n) is 4.97. The second kappa shape index (κ2) is 4.52. The standard InChI is InChI=1S/C13H7F3O2/c14-9-5-10(15)12(11(16)6-9)7-2-1-3-8(4-7)13(17)18/h1-6H,(H,17,18). The lowest BCUT2D eigenvalue weighted by atomic mass is 10.0. The van der Waals surface area contributed by atoms with Crippen LogP contribution in [0.25, 0.3) is 11.1 Å². The Morgan fingerprint density at radius 3 is 2.17 bits per heavy atom. The highest BCUT2D eigenvalue weighted by Crippen LogP contribution is 2.27. The van der Waals surface area contributed by atoms with E-state index in [0.29, 0.717) is 12.1 Å². The molecule has 1 N–H and O–H groups in total. The minimum atomic E-state index is -1.21. The van der Waals surface area contributed by atoms with E-state index in [0.717, 1.165) is 6.07 Å². The average Bonchev–Trinajstić information content (AvgIpc) is 2.28. The summed E-state index contributed by atoms with van der Waals surface area (Å²) in [7, 11) is 0. The molecule has 0 atom stereocenters. The van der Waals surface area contributed by atoms with Gasteiger partial charge in [-0.05, 0) is 17.7 Å². The van der Waals surface area contributed by atoms with E-state index in [1.165, 1.54) is 18.2 Å². The van der Waals surface area contributed by atoms with Gasteiger partial charge in [-0.3, -0.25) is 0 Å². The van der Waals surface area contributed by atoms with Gasteiger partial charge in [-0.1, -0.05) is 12.1 Å². The van der Waals surface area contributed by atoms with Crippen molar-refractivity contribution in [3.05, 3.63) is 59.4 Å². The van der Waals surface area contributed by atoms with Gasteiger partial charge < -0.3 is 5.11 Å². The Kier molecular flexibility index (Phi) is 3.06. The molecule has 0 saturated carbocycles. The van der Waals surface area contributed by atoms with Crippen molar-refractivity contribution in [2.75, 3.05) is 0 Å². The third kappa shape index (κ3) is 2.20. The van der Waals surface area contributed by atoms with E-state index >= 15 is 0 Å². The molecule has 0 aliphatic carbocycles. The predicted molar refractivity (Wildman–Crippen MR) is 58.7 cm³/mol. The molecule has 0 aliphatic heterocycles. The highest BCUT2D eigenvalue weighted by molar-refractivity contribution is 5.89. The van der Waals surface area contributed by atoms with Crippen LogP contribution in [0, 0.1) is 17.5 Å². The lowest BCUT2D eigenvalue weighted by Gasteiger charge is -2.06. The second-order valence-corrected chi connectivity index (χ2v) is 3.63. The number of hydrogen-bond acceptors (Lipinski definition) is 1. The van der Waals surface area contributed by atoms with Crippen LogP contribution in [0.1, 0.15) is 10.4 Å². The molecule has 0 heterocycles. The van der Waals surface area contributed by atoms with Gasteiger partial charge in [0.25, 0.3) is 0 Å². The number of benzene rings is 2. The Bertz CT molecular complexity index is 600. The van der Waals surface area contributed by atoms with Crippen molar-refractivity contribution in [2.45, 2.75) is 0 Å². The zero-order chi connectivity index (χ0) is 13.3. The summed E-state index contributed by atoms with van der Waals surface area (Å²) < 4.78 is 39.8. The minimum Gasteiger partial charge on any atom is -0.478 e. The van der Waals surface area contributed by atoms with Crippen molar-refractivity contribution in [1.82, 2.24) is 0 Å². The fourth-order valence-electron chi connectivity index (χ4n) is 1.63. The van der Waals surface area contributed by atoms with Crippen LogP contribution in [0.5, 0.6) is 0 Å². The zero-order valence-electron chi connectivity index (χ0n) is 8.95. The highest BCUT2D eigenvalue weighted by Gasteiger charge is 2.14. The van der Waals surface area contributed by atoms with Crippen molar-refractivity contribution in [3.8, 4) is 11.1 Å². The molecular formula is C13H7F3O2. The summed E-state index contributed by atoms with van der Waals surface area (Å²) in [6.45, 7) is 0. The van der Waals surface area contributed by atoms with Crippen molar-refractivity contribution in [1.29, 1.82) is 0 Å². The maximum atomic E-state index is 13.5. The van der Waals surface area contributed by atoms with Gasteiger partial charge in [0.05, 0.1) is 11.1 Å². The minimum absolute atomic E-state index is 0.0462. The maximum Gasteiger partial charge on any atom is 0.335 e. The highest BCUT2D eigenvalue weighted by atomic mass is 19.1. The average molecular weight is 252 g/mol. The lowest BCUT2D eigenvalue weighted by Crippen LogP contribution is -1.98. The quantitative estimate of drug-likeness (QED) is 0.888. The molecule has 0 bridgehead atoms. The molecule has 0 spiro atoms. The van der Waals surface area contributed by atoms with Crippen molar-refractivity contribution in [2.24, 2.45) is 0 Å². The lowest BCUT2D eigenvalue weighted by molar-refractivity contribution is 0.0697. The topological polar surface area (TPSA) is 37.3 Å². The number of halogens is 3. The number of carboxylic acid groups (broad SMARTS) is 1. The van der Waals surface area contributed by atoms with Gasteiger partial charge in [-0.25, -0.2) is 18.0 Å². The molecule has 18 heavy (non-hydrogen) atoms. The molecule has 0 saturated heterocycles. The molecular weight excluding hydrogens is 245 g/mol. The van der Waals surface area contributed by atoms with Crippen LogP contribution in [0.15, 0.2) is 36.4 Å². The fraction of sp³-hybridized carbons (Fsp3) is 0. The van der Waals surface area contributed by atoms with Gasteiger partial charge in [0, 0.05) is 12.1 Å². The van der Waals surface area contributed by atoms with Crippen molar-refractivity contribution < 1.29 is 23.1 Å². The number of rotatable bonds is 2. The van der Waals surface area contributed by atoms with E-state index in [4.69, 9.17) is 5.11 Å². The smallest absolute Gasteiger partial charge is 0.335 e. The third-order valence-corrected chi connectivity index (χ3v) is 2.41. The van der Waals surface area contributed by atoms with Crippen LogP contribution in [0.3, 0.4) is 0 Å². The Balaban J connectivity index is 2.62. The normalized spacial score (nSPS) is 10.4. The van der Waals surface area contributed by atoms with Gasteiger partial charge in [-0.2, -0.15) is 0 Å².